The molecule has 0 radical (unpaired) electrons. The summed E-state index contributed by atoms with van der Waals surface area (Å²) in [5.74, 6) is 0.768. The van der Waals surface area contributed by atoms with Gasteiger partial charge in [0.25, 0.3) is 0 Å². The number of piperazine rings is 1. The monoisotopic (exact) mass is 182 g/mol. The van der Waals surface area contributed by atoms with Crippen molar-refractivity contribution in [1.29, 1.82) is 0 Å². The summed E-state index contributed by atoms with van der Waals surface area (Å²) < 4.78 is 0. The SMILES string of the molecule is C[C@@H]1CN(C(=O)C2CCC2)CCN1. The third-order valence-corrected chi connectivity index (χ3v) is 3.13. The molecular weight excluding hydrogens is 164 g/mol. The van der Waals surface area contributed by atoms with Gasteiger partial charge in [0.2, 0.25) is 5.91 Å². The Balaban J connectivity index is 1.87. The highest BCUT2D eigenvalue weighted by atomic mass is 16.2. The molecule has 0 aromatic heterocycles. The topological polar surface area (TPSA) is 32.3 Å². The molecule has 2 fully saturated rings. The van der Waals surface area contributed by atoms with Crippen LogP contribution in [0.2, 0.25) is 0 Å². The third kappa shape index (κ3) is 1.85. The van der Waals surface area contributed by atoms with Gasteiger partial charge in [-0.1, -0.05) is 6.42 Å². The van der Waals surface area contributed by atoms with Crippen molar-refractivity contribution in [2.45, 2.75) is 32.2 Å². The number of hydrogen-bond donors (Lipinski definition) is 1. The number of rotatable bonds is 1. The smallest absolute Gasteiger partial charge is 0.225 e. The first-order valence-corrected chi connectivity index (χ1v) is 5.29. The van der Waals surface area contributed by atoms with Gasteiger partial charge in [0.05, 0.1) is 0 Å². The molecule has 3 heteroatoms. The van der Waals surface area contributed by atoms with Crippen LogP contribution in [0.5, 0.6) is 0 Å². The predicted octanol–water partition coefficient (Wildman–Crippen LogP) is 0.607. The van der Waals surface area contributed by atoms with Gasteiger partial charge in [-0.15, -0.1) is 0 Å². The lowest BCUT2D eigenvalue weighted by Crippen LogP contribution is -2.53. The van der Waals surface area contributed by atoms with Crippen LogP contribution in [0.1, 0.15) is 26.2 Å². The van der Waals surface area contributed by atoms with Crippen molar-refractivity contribution in [1.82, 2.24) is 10.2 Å². The molecule has 1 saturated heterocycles. The summed E-state index contributed by atoms with van der Waals surface area (Å²) in [6.45, 7) is 4.90. The number of nitrogens with zero attached hydrogens (tertiary/aromatic N) is 1. The van der Waals surface area contributed by atoms with Gasteiger partial charge in [-0.3, -0.25) is 4.79 Å². The van der Waals surface area contributed by atoms with Crippen molar-refractivity contribution in [3.05, 3.63) is 0 Å². The molecule has 0 unspecified atom stereocenters. The van der Waals surface area contributed by atoms with Gasteiger partial charge in [-0.25, -0.2) is 0 Å². The van der Waals surface area contributed by atoms with E-state index < -0.39 is 0 Å². The average molecular weight is 182 g/mol. The second kappa shape index (κ2) is 3.66. The quantitative estimate of drug-likeness (QED) is 0.644. The Morgan fingerprint density at radius 2 is 2.23 bits per heavy atom. The van der Waals surface area contributed by atoms with Crippen molar-refractivity contribution in [3.8, 4) is 0 Å². The van der Waals surface area contributed by atoms with Crippen LogP contribution in [0.3, 0.4) is 0 Å². The molecule has 3 nitrogen and oxygen atoms in total. The molecule has 1 atom stereocenters. The number of carbonyl (C=O) groups excluding carboxylic acids is 1. The zero-order valence-corrected chi connectivity index (χ0v) is 8.25. The molecule has 2 rings (SSSR count). The predicted molar refractivity (Wildman–Crippen MR) is 51.4 cm³/mol. The van der Waals surface area contributed by atoms with Crippen LogP contribution in [-0.4, -0.2) is 36.5 Å². The van der Waals surface area contributed by atoms with E-state index in [-0.39, 0.29) is 0 Å². The fraction of sp³-hybridized carbons (Fsp3) is 0.900. The molecule has 0 bridgehead atoms. The Labute approximate surface area is 79.5 Å². The van der Waals surface area contributed by atoms with Crippen LogP contribution >= 0.6 is 0 Å². The standard InChI is InChI=1S/C10H18N2O/c1-8-7-12(6-5-11-8)10(13)9-3-2-4-9/h8-9,11H,2-7H2,1H3/t8-/m1/s1. The van der Waals surface area contributed by atoms with Gasteiger partial charge in [0, 0.05) is 31.6 Å². The van der Waals surface area contributed by atoms with E-state index in [2.05, 4.69) is 12.2 Å². The van der Waals surface area contributed by atoms with Crippen molar-refractivity contribution in [2.24, 2.45) is 5.92 Å². The lowest BCUT2D eigenvalue weighted by Gasteiger charge is -2.36. The summed E-state index contributed by atoms with van der Waals surface area (Å²) in [4.78, 5) is 13.9. The maximum Gasteiger partial charge on any atom is 0.225 e. The molecule has 1 aliphatic heterocycles. The van der Waals surface area contributed by atoms with Crippen LogP contribution < -0.4 is 5.32 Å². The highest BCUT2D eigenvalue weighted by Crippen LogP contribution is 2.28. The molecule has 2 aliphatic rings. The molecule has 0 aromatic carbocycles. The third-order valence-electron chi connectivity index (χ3n) is 3.13. The minimum Gasteiger partial charge on any atom is -0.340 e. The van der Waals surface area contributed by atoms with Gasteiger partial charge >= 0.3 is 0 Å². The van der Waals surface area contributed by atoms with Crippen LogP contribution in [0.15, 0.2) is 0 Å². The number of hydrogen-bond acceptors (Lipinski definition) is 2. The lowest BCUT2D eigenvalue weighted by atomic mass is 9.84. The lowest BCUT2D eigenvalue weighted by molar-refractivity contribution is -0.139. The molecule has 13 heavy (non-hydrogen) atoms. The fourth-order valence-electron chi connectivity index (χ4n) is 2.05. The van der Waals surface area contributed by atoms with E-state index in [0.717, 1.165) is 32.5 Å². The van der Waals surface area contributed by atoms with Crippen molar-refractivity contribution >= 4 is 5.91 Å². The molecule has 0 spiro atoms. The van der Waals surface area contributed by atoms with Gasteiger partial charge in [0.15, 0.2) is 0 Å². The van der Waals surface area contributed by atoms with E-state index >= 15 is 0 Å². The average Bonchev–Trinajstić information content (AvgIpc) is 2.01. The molecule has 1 N–H and O–H groups in total. The Morgan fingerprint density at radius 1 is 1.46 bits per heavy atom. The Morgan fingerprint density at radius 3 is 2.77 bits per heavy atom. The minimum atomic E-state index is 0.366. The summed E-state index contributed by atoms with van der Waals surface area (Å²) >= 11 is 0. The Bertz CT molecular complexity index is 201. The first kappa shape index (κ1) is 9.00. The molecule has 74 valence electrons. The number of nitrogens with one attached hydrogen (secondary N) is 1. The summed E-state index contributed by atoms with van der Waals surface area (Å²) in [5, 5.41) is 3.35. The maximum atomic E-state index is 11.8. The second-order valence-electron chi connectivity index (χ2n) is 4.27. The molecule has 1 aliphatic carbocycles. The molecule has 1 amide bonds. The maximum absolute atomic E-state index is 11.8. The van der Waals surface area contributed by atoms with Gasteiger partial charge in [-0.2, -0.15) is 0 Å². The van der Waals surface area contributed by atoms with E-state index in [1.54, 1.807) is 0 Å². The second-order valence-corrected chi connectivity index (χ2v) is 4.27. The van der Waals surface area contributed by atoms with E-state index in [9.17, 15) is 4.79 Å². The largest absolute Gasteiger partial charge is 0.340 e. The van der Waals surface area contributed by atoms with Gasteiger partial charge in [0.1, 0.15) is 0 Å². The summed E-state index contributed by atoms with van der Waals surface area (Å²) in [6, 6.07) is 0.470. The summed E-state index contributed by atoms with van der Waals surface area (Å²) in [6.07, 6.45) is 3.49. The van der Waals surface area contributed by atoms with Crippen molar-refractivity contribution in [2.75, 3.05) is 19.6 Å². The normalized spacial score (nSPS) is 29.9. The molecule has 0 aromatic rings. The Kier molecular flexibility index (Phi) is 2.54. The Hall–Kier alpha value is -0.570. The highest BCUT2D eigenvalue weighted by molar-refractivity contribution is 5.79. The highest BCUT2D eigenvalue weighted by Gasteiger charge is 2.30. The fourth-order valence-corrected chi connectivity index (χ4v) is 2.05. The van der Waals surface area contributed by atoms with Gasteiger partial charge < -0.3 is 10.2 Å². The van der Waals surface area contributed by atoms with E-state index in [1.807, 2.05) is 4.90 Å². The minimum absolute atomic E-state index is 0.366. The van der Waals surface area contributed by atoms with Crippen molar-refractivity contribution in [3.63, 3.8) is 0 Å². The van der Waals surface area contributed by atoms with Crippen LogP contribution in [0.25, 0.3) is 0 Å². The van der Waals surface area contributed by atoms with Crippen molar-refractivity contribution < 1.29 is 4.79 Å². The molecule has 1 heterocycles. The molecular formula is C10H18N2O. The van der Waals surface area contributed by atoms with E-state index in [1.165, 1.54) is 6.42 Å². The summed E-state index contributed by atoms with van der Waals surface area (Å²) in [7, 11) is 0. The van der Waals surface area contributed by atoms with Crippen LogP contribution in [-0.2, 0) is 4.79 Å². The first-order valence-electron chi connectivity index (χ1n) is 5.29. The molecule has 1 saturated carbocycles. The first-order chi connectivity index (χ1) is 6.27. The van der Waals surface area contributed by atoms with Gasteiger partial charge in [-0.05, 0) is 19.8 Å². The number of carbonyl (C=O) groups is 1. The zero-order valence-electron chi connectivity index (χ0n) is 8.25. The van der Waals surface area contributed by atoms with Crippen LogP contribution in [0.4, 0.5) is 0 Å². The van der Waals surface area contributed by atoms with Crippen LogP contribution in [0, 0.1) is 5.92 Å². The van der Waals surface area contributed by atoms with E-state index in [4.69, 9.17) is 0 Å². The number of amides is 1. The summed E-state index contributed by atoms with van der Waals surface area (Å²) in [5.41, 5.74) is 0. The van der Waals surface area contributed by atoms with E-state index in [0.29, 0.717) is 17.9 Å². The zero-order chi connectivity index (χ0) is 9.26.